The summed E-state index contributed by atoms with van der Waals surface area (Å²) in [5, 5.41) is 9.09. The van der Waals surface area contributed by atoms with E-state index in [1.807, 2.05) is 19.1 Å². The van der Waals surface area contributed by atoms with Crippen molar-refractivity contribution < 1.29 is 18.7 Å². The van der Waals surface area contributed by atoms with E-state index in [1.165, 1.54) is 38.0 Å². The summed E-state index contributed by atoms with van der Waals surface area (Å²) in [6, 6.07) is 13.7. The Morgan fingerprint density at radius 3 is 2.50 bits per heavy atom. The van der Waals surface area contributed by atoms with E-state index in [0.29, 0.717) is 57.2 Å². The number of carbonyl (C=O) groups excluding carboxylic acids is 2. The van der Waals surface area contributed by atoms with Crippen molar-refractivity contribution in [3.05, 3.63) is 103 Å². The van der Waals surface area contributed by atoms with E-state index >= 15 is 4.39 Å². The van der Waals surface area contributed by atoms with Crippen molar-refractivity contribution in [2.24, 2.45) is 14.1 Å². The van der Waals surface area contributed by atoms with E-state index in [0.717, 1.165) is 10.1 Å². The first-order chi connectivity index (χ1) is 21.0. The number of ether oxygens (including phenoxy) is 1. The van der Waals surface area contributed by atoms with Gasteiger partial charge in [-0.25, -0.2) is 9.18 Å². The molecule has 1 fully saturated rings. The maximum absolute atomic E-state index is 15.4. The number of carbonyl (C=O) groups is 2. The molecule has 1 aromatic heterocycles. The zero-order chi connectivity index (χ0) is 31.7. The Kier molecular flexibility index (Phi) is 8.70. The third-order valence-electron chi connectivity index (χ3n) is 7.79. The molecule has 1 atom stereocenters. The second kappa shape index (κ2) is 12.5. The van der Waals surface area contributed by atoms with Crippen molar-refractivity contribution in [2.45, 2.75) is 25.9 Å². The molecule has 3 aromatic carbocycles. The first kappa shape index (κ1) is 30.7. The lowest BCUT2D eigenvalue weighted by molar-refractivity contribution is -0.119. The molecule has 0 saturated carbocycles. The van der Waals surface area contributed by atoms with Gasteiger partial charge in [-0.2, -0.15) is 0 Å². The van der Waals surface area contributed by atoms with Crippen LogP contribution in [0.3, 0.4) is 0 Å². The number of benzene rings is 3. The molecule has 3 N–H and O–H groups in total. The number of hydrogen-bond acceptors (Lipinski definition) is 6. The number of rotatable bonds is 8. The summed E-state index contributed by atoms with van der Waals surface area (Å²) in [6.45, 7) is 2.48. The summed E-state index contributed by atoms with van der Waals surface area (Å²) in [5.74, 6) is -0.833. The van der Waals surface area contributed by atoms with Crippen LogP contribution in [0.4, 0.5) is 10.1 Å². The lowest BCUT2D eigenvalue weighted by Gasteiger charge is -2.18. The molecule has 0 spiro atoms. The van der Waals surface area contributed by atoms with Crippen LogP contribution in [-0.2, 0) is 25.4 Å². The second-order valence-electron chi connectivity index (χ2n) is 10.6. The summed E-state index contributed by atoms with van der Waals surface area (Å²) in [7, 11) is 4.24. The van der Waals surface area contributed by atoms with Crippen LogP contribution in [0.1, 0.15) is 27.9 Å². The molecule has 0 bridgehead atoms. The van der Waals surface area contributed by atoms with Crippen molar-refractivity contribution in [2.75, 3.05) is 19.0 Å². The standard InChI is InChI=1S/C32H31ClFN5O5/c1-17-20(7-6-10-26(17)37-30(41)24-16-38(2)32(43)39(3)31(24)42)22-9-5-8-21(29(22)33)18-11-25(34)23(27(12-18)44-4)15-35-19-13-28(40)36-14-19/h5-12,16,19,35H,13-15H2,1-4H3,(H,36,40)(H,37,41)/t19-/m1/s1. The van der Waals surface area contributed by atoms with Gasteiger partial charge < -0.3 is 25.3 Å². The largest absolute Gasteiger partial charge is 0.496 e. The topological polar surface area (TPSA) is 123 Å². The SMILES string of the molecule is COc1cc(-c2cccc(-c3cccc(NC(=O)c4cn(C)c(=O)n(C)c4=O)c3C)c2Cl)cc(F)c1CN[C@H]1CNC(=O)C1. The minimum absolute atomic E-state index is 0.0435. The predicted octanol–water partition coefficient (Wildman–Crippen LogP) is 3.76. The summed E-state index contributed by atoms with van der Waals surface area (Å²) in [6.07, 6.45) is 1.54. The number of methoxy groups -OCH3 is 1. The summed E-state index contributed by atoms with van der Waals surface area (Å²) >= 11 is 6.94. The Labute approximate surface area is 257 Å². The minimum atomic E-state index is -0.703. The molecule has 0 aliphatic carbocycles. The van der Waals surface area contributed by atoms with E-state index in [4.69, 9.17) is 16.3 Å². The van der Waals surface area contributed by atoms with Gasteiger partial charge in [0.25, 0.3) is 11.5 Å². The Morgan fingerprint density at radius 1 is 1.09 bits per heavy atom. The highest BCUT2D eigenvalue weighted by Crippen LogP contribution is 2.40. The number of amides is 2. The molecule has 12 heteroatoms. The maximum Gasteiger partial charge on any atom is 0.330 e. The monoisotopic (exact) mass is 619 g/mol. The highest BCUT2D eigenvalue weighted by molar-refractivity contribution is 6.36. The minimum Gasteiger partial charge on any atom is -0.496 e. The summed E-state index contributed by atoms with van der Waals surface area (Å²) in [4.78, 5) is 49.2. The zero-order valence-electron chi connectivity index (χ0n) is 24.6. The highest BCUT2D eigenvalue weighted by Gasteiger charge is 2.23. The van der Waals surface area contributed by atoms with Gasteiger partial charge in [-0.05, 0) is 41.8 Å². The molecule has 228 valence electrons. The van der Waals surface area contributed by atoms with Crippen LogP contribution in [0.25, 0.3) is 22.3 Å². The molecule has 10 nitrogen and oxygen atoms in total. The van der Waals surface area contributed by atoms with Gasteiger partial charge in [0.15, 0.2) is 0 Å². The lowest BCUT2D eigenvalue weighted by Crippen LogP contribution is -2.40. The molecular formula is C32H31ClFN5O5. The van der Waals surface area contributed by atoms with Gasteiger partial charge in [-0.1, -0.05) is 41.9 Å². The molecule has 0 radical (unpaired) electrons. The first-order valence-electron chi connectivity index (χ1n) is 13.8. The number of nitrogens with zero attached hydrogens (tertiary/aromatic N) is 2. The van der Waals surface area contributed by atoms with E-state index in [-0.39, 0.29) is 24.1 Å². The van der Waals surface area contributed by atoms with Crippen molar-refractivity contribution >= 4 is 29.1 Å². The van der Waals surface area contributed by atoms with E-state index in [1.54, 1.807) is 30.3 Å². The van der Waals surface area contributed by atoms with Crippen LogP contribution in [0.5, 0.6) is 5.75 Å². The molecule has 1 saturated heterocycles. The fraction of sp³-hybridized carbons (Fsp3) is 0.250. The smallest absolute Gasteiger partial charge is 0.330 e. The Bertz CT molecular complexity index is 1920. The summed E-state index contributed by atoms with van der Waals surface area (Å²) in [5.41, 5.74) is 2.52. The second-order valence-corrected chi connectivity index (χ2v) is 11.0. The van der Waals surface area contributed by atoms with E-state index in [2.05, 4.69) is 16.0 Å². The number of aromatic nitrogens is 2. The Balaban J connectivity index is 1.46. The van der Waals surface area contributed by atoms with Gasteiger partial charge in [0, 0.05) is 68.2 Å². The van der Waals surface area contributed by atoms with Gasteiger partial charge >= 0.3 is 5.69 Å². The zero-order valence-corrected chi connectivity index (χ0v) is 25.3. The van der Waals surface area contributed by atoms with Crippen LogP contribution >= 0.6 is 11.6 Å². The average Bonchev–Trinajstić information content (AvgIpc) is 3.43. The predicted molar refractivity (Wildman–Crippen MR) is 167 cm³/mol. The van der Waals surface area contributed by atoms with Crippen LogP contribution in [0.15, 0.2) is 64.3 Å². The quantitative estimate of drug-likeness (QED) is 0.276. The van der Waals surface area contributed by atoms with Gasteiger partial charge in [0.1, 0.15) is 17.1 Å². The molecule has 0 unspecified atom stereocenters. The molecule has 44 heavy (non-hydrogen) atoms. The van der Waals surface area contributed by atoms with Crippen LogP contribution in [0, 0.1) is 12.7 Å². The van der Waals surface area contributed by atoms with Gasteiger partial charge in [-0.3, -0.25) is 19.0 Å². The molecule has 4 aromatic rings. The maximum atomic E-state index is 15.4. The van der Waals surface area contributed by atoms with Gasteiger partial charge in [0.2, 0.25) is 5.91 Å². The molecule has 1 aliphatic rings. The molecule has 2 heterocycles. The highest BCUT2D eigenvalue weighted by atomic mass is 35.5. The molecule has 5 rings (SSSR count). The van der Waals surface area contributed by atoms with Crippen molar-refractivity contribution in [1.82, 2.24) is 19.8 Å². The molecular weight excluding hydrogens is 589 g/mol. The van der Waals surface area contributed by atoms with Gasteiger partial charge in [0.05, 0.1) is 12.1 Å². The van der Waals surface area contributed by atoms with Crippen LogP contribution < -0.4 is 31.9 Å². The van der Waals surface area contributed by atoms with Crippen molar-refractivity contribution in [3.63, 3.8) is 0 Å². The third-order valence-corrected chi connectivity index (χ3v) is 8.20. The van der Waals surface area contributed by atoms with Crippen molar-refractivity contribution in [1.29, 1.82) is 0 Å². The number of anilines is 1. The van der Waals surface area contributed by atoms with Crippen molar-refractivity contribution in [3.8, 4) is 28.0 Å². The average molecular weight is 620 g/mol. The summed E-state index contributed by atoms with van der Waals surface area (Å²) < 4.78 is 23.0. The van der Waals surface area contributed by atoms with Crippen LogP contribution in [-0.4, -0.2) is 40.6 Å². The van der Waals surface area contributed by atoms with Crippen LogP contribution in [0.2, 0.25) is 5.02 Å². The normalized spacial score (nSPS) is 14.4. The van der Waals surface area contributed by atoms with E-state index < -0.39 is 23.0 Å². The van der Waals surface area contributed by atoms with E-state index in [9.17, 15) is 19.2 Å². The Morgan fingerprint density at radius 2 is 1.80 bits per heavy atom. The third kappa shape index (κ3) is 5.88. The first-order valence-corrected chi connectivity index (χ1v) is 14.2. The number of nitrogens with one attached hydrogen (secondary N) is 3. The number of aryl methyl sites for hydroxylation is 1. The fourth-order valence-corrected chi connectivity index (χ4v) is 5.63. The number of hydrogen-bond donors (Lipinski definition) is 3. The number of halogens is 2. The van der Waals surface area contributed by atoms with Gasteiger partial charge in [-0.15, -0.1) is 0 Å². The molecule has 1 aliphatic heterocycles. The lowest BCUT2D eigenvalue weighted by atomic mass is 9.94. The fourth-order valence-electron chi connectivity index (χ4n) is 5.30. The molecule has 2 amide bonds. The Hall–Kier alpha value is -4.74.